The van der Waals surface area contributed by atoms with Crippen LogP contribution >= 0.6 is 0 Å². The molecule has 0 radical (unpaired) electrons. The molecule has 0 unspecified atom stereocenters. The molecule has 0 spiro atoms. The number of carbonyl (C=O) groups is 2. The number of nitrogens with zero attached hydrogens (tertiary/aromatic N) is 2. The van der Waals surface area contributed by atoms with E-state index in [1.165, 1.54) is 0 Å². The molecule has 3 rings (SSSR count). The molecule has 5 heteroatoms. The van der Waals surface area contributed by atoms with Gasteiger partial charge in [0.05, 0.1) is 6.54 Å². The van der Waals surface area contributed by atoms with Gasteiger partial charge in [-0.2, -0.15) is 0 Å². The molecular weight excluding hydrogens is 316 g/mol. The minimum atomic E-state index is -0.664. The van der Waals surface area contributed by atoms with Crippen LogP contribution in [-0.2, 0) is 9.53 Å². The highest BCUT2D eigenvalue weighted by Crippen LogP contribution is 2.26. The summed E-state index contributed by atoms with van der Waals surface area (Å²) in [5.74, 6) is -0.507. The molecular formula is C20H26N2O3. The van der Waals surface area contributed by atoms with Crippen LogP contribution in [0.4, 0.5) is 0 Å². The second kappa shape index (κ2) is 6.90. The lowest BCUT2D eigenvalue weighted by atomic mass is 10.1. The Bertz CT molecular complexity index is 670. The van der Waals surface area contributed by atoms with Gasteiger partial charge in [-0.05, 0) is 51.8 Å². The predicted octanol–water partition coefficient (Wildman–Crippen LogP) is 2.83. The maximum absolute atomic E-state index is 13.0. The quantitative estimate of drug-likeness (QED) is 0.793. The van der Waals surface area contributed by atoms with Gasteiger partial charge in [0.15, 0.2) is 6.04 Å². The molecule has 2 aliphatic heterocycles. The van der Waals surface area contributed by atoms with Gasteiger partial charge in [0.1, 0.15) is 5.60 Å². The van der Waals surface area contributed by atoms with Crippen molar-refractivity contribution in [3.8, 4) is 0 Å². The number of amides is 1. The Morgan fingerprint density at radius 2 is 1.72 bits per heavy atom. The van der Waals surface area contributed by atoms with Gasteiger partial charge in [-0.3, -0.25) is 4.79 Å². The lowest BCUT2D eigenvalue weighted by Crippen LogP contribution is -2.44. The summed E-state index contributed by atoms with van der Waals surface area (Å²) in [6.45, 7) is 7.95. The number of carbonyl (C=O) groups excluding carboxylic acids is 2. The van der Waals surface area contributed by atoms with Gasteiger partial charge >= 0.3 is 5.97 Å². The zero-order valence-corrected chi connectivity index (χ0v) is 15.2. The van der Waals surface area contributed by atoms with E-state index in [0.29, 0.717) is 12.1 Å². The van der Waals surface area contributed by atoms with Gasteiger partial charge in [-0.15, -0.1) is 0 Å². The second-order valence-corrected chi connectivity index (χ2v) is 7.63. The fourth-order valence-corrected chi connectivity index (χ4v) is 3.31. The first-order chi connectivity index (χ1) is 11.8. The maximum atomic E-state index is 13.0. The molecule has 134 valence electrons. The largest absolute Gasteiger partial charge is 0.458 e. The summed E-state index contributed by atoms with van der Waals surface area (Å²) in [6, 6.07) is 8.44. The van der Waals surface area contributed by atoms with Crippen molar-refractivity contribution in [3.05, 3.63) is 47.7 Å². The average Bonchev–Trinajstić information content (AvgIpc) is 3.22. The summed E-state index contributed by atoms with van der Waals surface area (Å²) in [6.07, 6.45) is 4.21. The summed E-state index contributed by atoms with van der Waals surface area (Å²) in [7, 11) is 0. The summed E-state index contributed by atoms with van der Waals surface area (Å²) < 4.78 is 5.55. The SMILES string of the molecule is CC(C)(C)OC(=O)[C@@H]1C=C(N2CCCC2)CN1C(=O)c1ccccc1. The summed E-state index contributed by atoms with van der Waals surface area (Å²) in [5, 5.41) is 0. The molecule has 1 saturated heterocycles. The first-order valence-electron chi connectivity index (χ1n) is 8.90. The fraction of sp³-hybridized carbons (Fsp3) is 0.500. The lowest BCUT2D eigenvalue weighted by molar-refractivity contribution is -0.158. The number of likely N-dealkylation sites (tertiary alicyclic amines) is 1. The number of rotatable bonds is 3. The minimum absolute atomic E-state index is 0.137. The van der Waals surface area contributed by atoms with Crippen LogP contribution in [0.25, 0.3) is 0 Å². The Kier molecular flexibility index (Phi) is 4.84. The van der Waals surface area contributed by atoms with Gasteiger partial charge in [0, 0.05) is 24.4 Å². The van der Waals surface area contributed by atoms with Crippen LogP contribution in [0.5, 0.6) is 0 Å². The highest BCUT2D eigenvalue weighted by Gasteiger charge is 2.38. The van der Waals surface area contributed by atoms with E-state index < -0.39 is 11.6 Å². The normalized spacial score (nSPS) is 20.6. The molecule has 1 atom stereocenters. The smallest absolute Gasteiger partial charge is 0.333 e. The molecule has 2 heterocycles. The Morgan fingerprint density at radius 3 is 2.32 bits per heavy atom. The molecule has 1 fully saturated rings. The molecule has 2 aliphatic rings. The summed E-state index contributed by atoms with van der Waals surface area (Å²) in [4.78, 5) is 29.5. The first-order valence-corrected chi connectivity index (χ1v) is 8.90. The molecule has 0 aliphatic carbocycles. The van der Waals surface area contributed by atoms with E-state index in [1.807, 2.05) is 45.0 Å². The summed E-state index contributed by atoms with van der Waals surface area (Å²) in [5.41, 5.74) is 1.06. The standard InChI is InChI=1S/C20H26N2O3/c1-20(2,3)25-19(24)17-13-16(21-11-7-8-12-21)14-22(17)18(23)15-9-5-4-6-10-15/h4-6,9-10,13,17H,7-8,11-12,14H2,1-3H3/t17-/m0/s1. The van der Waals surface area contributed by atoms with Gasteiger partial charge in [0.2, 0.25) is 0 Å². The second-order valence-electron chi connectivity index (χ2n) is 7.63. The van der Waals surface area contributed by atoms with Gasteiger partial charge in [0.25, 0.3) is 5.91 Å². The van der Waals surface area contributed by atoms with Gasteiger partial charge < -0.3 is 14.5 Å². The number of ether oxygens (including phenoxy) is 1. The Hall–Kier alpha value is -2.30. The van der Waals surface area contributed by atoms with Crippen LogP contribution in [0.1, 0.15) is 44.0 Å². The van der Waals surface area contributed by atoms with E-state index in [9.17, 15) is 9.59 Å². The Balaban J connectivity index is 1.84. The van der Waals surface area contributed by atoms with E-state index >= 15 is 0 Å². The van der Waals surface area contributed by atoms with Crippen molar-refractivity contribution in [1.29, 1.82) is 0 Å². The third kappa shape index (κ3) is 4.03. The first kappa shape index (κ1) is 17.5. The topological polar surface area (TPSA) is 49.9 Å². The van der Waals surface area contributed by atoms with E-state index in [0.717, 1.165) is 31.6 Å². The van der Waals surface area contributed by atoms with Crippen LogP contribution in [-0.4, -0.2) is 53.0 Å². The van der Waals surface area contributed by atoms with Crippen molar-refractivity contribution in [2.75, 3.05) is 19.6 Å². The molecule has 1 aromatic rings. The number of hydrogen-bond donors (Lipinski definition) is 0. The van der Waals surface area contributed by atoms with E-state index in [4.69, 9.17) is 4.74 Å². The zero-order valence-electron chi connectivity index (χ0n) is 15.2. The zero-order chi connectivity index (χ0) is 18.0. The monoisotopic (exact) mass is 342 g/mol. The van der Waals surface area contributed by atoms with Crippen LogP contribution in [0.3, 0.4) is 0 Å². The van der Waals surface area contributed by atoms with E-state index in [1.54, 1.807) is 17.0 Å². The molecule has 0 aromatic heterocycles. The average molecular weight is 342 g/mol. The van der Waals surface area contributed by atoms with Crippen molar-refractivity contribution >= 4 is 11.9 Å². The maximum Gasteiger partial charge on any atom is 0.333 e. The molecule has 1 aromatic carbocycles. The number of hydrogen-bond acceptors (Lipinski definition) is 4. The van der Waals surface area contributed by atoms with Crippen molar-refractivity contribution in [2.24, 2.45) is 0 Å². The van der Waals surface area contributed by atoms with Crippen molar-refractivity contribution < 1.29 is 14.3 Å². The number of benzene rings is 1. The molecule has 0 bridgehead atoms. The van der Waals surface area contributed by atoms with E-state index in [-0.39, 0.29) is 11.9 Å². The van der Waals surface area contributed by atoms with E-state index in [2.05, 4.69) is 4.90 Å². The highest BCUT2D eigenvalue weighted by molar-refractivity contribution is 5.98. The van der Waals surface area contributed by atoms with Crippen LogP contribution in [0.2, 0.25) is 0 Å². The molecule has 1 amide bonds. The highest BCUT2D eigenvalue weighted by atomic mass is 16.6. The molecule has 0 N–H and O–H groups in total. The third-order valence-corrected chi connectivity index (χ3v) is 4.46. The van der Waals surface area contributed by atoms with Crippen molar-refractivity contribution in [3.63, 3.8) is 0 Å². The van der Waals surface area contributed by atoms with Gasteiger partial charge in [-0.25, -0.2) is 4.79 Å². The van der Waals surface area contributed by atoms with Gasteiger partial charge in [-0.1, -0.05) is 18.2 Å². The predicted molar refractivity (Wildman–Crippen MR) is 96.0 cm³/mol. The molecule has 25 heavy (non-hydrogen) atoms. The number of esters is 1. The van der Waals surface area contributed by atoms with Crippen LogP contribution < -0.4 is 0 Å². The Labute approximate surface area is 149 Å². The minimum Gasteiger partial charge on any atom is -0.458 e. The van der Waals surface area contributed by atoms with Crippen LogP contribution in [0.15, 0.2) is 42.1 Å². The Morgan fingerprint density at radius 1 is 1.08 bits per heavy atom. The lowest BCUT2D eigenvalue weighted by Gasteiger charge is -2.27. The fourth-order valence-electron chi connectivity index (χ4n) is 3.31. The third-order valence-electron chi connectivity index (χ3n) is 4.46. The molecule has 0 saturated carbocycles. The molecule has 5 nitrogen and oxygen atoms in total. The van der Waals surface area contributed by atoms with Crippen molar-refractivity contribution in [2.45, 2.75) is 45.3 Å². The van der Waals surface area contributed by atoms with Crippen LogP contribution in [0, 0.1) is 0 Å². The summed E-state index contributed by atoms with van der Waals surface area (Å²) >= 11 is 0. The van der Waals surface area contributed by atoms with Crippen molar-refractivity contribution in [1.82, 2.24) is 9.80 Å².